The van der Waals surface area contributed by atoms with Gasteiger partial charge in [-0.3, -0.25) is 4.79 Å². The van der Waals surface area contributed by atoms with Crippen LogP contribution in [0.25, 0.3) is 0 Å². The minimum absolute atomic E-state index is 0.00965. The number of hydrogen-bond acceptors (Lipinski definition) is 4. The van der Waals surface area contributed by atoms with Crippen LogP contribution in [0, 0.1) is 5.92 Å². The Balaban J connectivity index is 1.56. The fourth-order valence-electron chi connectivity index (χ4n) is 3.81. The van der Waals surface area contributed by atoms with Gasteiger partial charge in [0.25, 0.3) is 0 Å². The van der Waals surface area contributed by atoms with Crippen molar-refractivity contribution >= 4 is 17.7 Å². The second-order valence-corrected chi connectivity index (χ2v) is 7.89. The first-order chi connectivity index (χ1) is 12.7. The van der Waals surface area contributed by atoms with Crippen LogP contribution in [0.1, 0.15) is 28.8 Å². The molecular formula is C21H23NO3S. The predicted molar refractivity (Wildman–Crippen MR) is 104 cm³/mol. The SMILES string of the molecule is COc1cccc([C@H]2SCCN2C(=O)[C@H]2C[C@H]2c2ccccc2)c1OC. The van der Waals surface area contributed by atoms with Crippen molar-refractivity contribution < 1.29 is 14.3 Å². The third kappa shape index (κ3) is 3.05. The molecule has 2 aromatic carbocycles. The number of carbonyl (C=O) groups is 1. The quantitative estimate of drug-likeness (QED) is 0.796. The summed E-state index contributed by atoms with van der Waals surface area (Å²) in [4.78, 5) is 15.2. The molecule has 1 aliphatic carbocycles. The molecule has 0 bridgehead atoms. The molecule has 1 saturated heterocycles. The molecule has 2 aliphatic rings. The molecular weight excluding hydrogens is 346 g/mol. The van der Waals surface area contributed by atoms with Gasteiger partial charge in [0, 0.05) is 23.8 Å². The molecule has 4 nitrogen and oxygen atoms in total. The van der Waals surface area contributed by atoms with E-state index in [2.05, 4.69) is 12.1 Å². The fourth-order valence-corrected chi connectivity index (χ4v) is 5.09. The molecule has 0 aromatic heterocycles. The first-order valence-electron chi connectivity index (χ1n) is 8.92. The Bertz CT molecular complexity index is 795. The number of nitrogens with zero attached hydrogens (tertiary/aromatic N) is 1. The molecule has 0 radical (unpaired) electrons. The van der Waals surface area contributed by atoms with Crippen molar-refractivity contribution in [2.45, 2.75) is 17.7 Å². The lowest BCUT2D eigenvalue weighted by molar-refractivity contribution is -0.132. The van der Waals surface area contributed by atoms with Gasteiger partial charge in [-0.05, 0) is 24.0 Å². The van der Waals surface area contributed by atoms with Crippen molar-refractivity contribution in [2.24, 2.45) is 5.92 Å². The van der Waals surface area contributed by atoms with Gasteiger partial charge in [-0.2, -0.15) is 0 Å². The maximum absolute atomic E-state index is 13.2. The minimum atomic E-state index is -0.00965. The van der Waals surface area contributed by atoms with Crippen LogP contribution in [0.2, 0.25) is 0 Å². The molecule has 1 aliphatic heterocycles. The van der Waals surface area contributed by atoms with Crippen LogP contribution >= 0.6 is 11.8 Å². The second-order valence-electron chi connectivity index (χ2n) is 6.70. The summed E-state index contributed by atoms with van der Waals surface area (Å²) in [5, 5.41) is -0.00965. The summed E-state index contributed by atoms with van der Waals surface area (Å²) in [6.07, 6.45) is 0.950. The lowest BCUT2D eigenvalue weighted by Gasteiger charge is -2.26. The number of methoxy groups -OCH3 is 2. The summed E-state index contributed by atoms with van der Waals surface area (Å²) in [6, 6.07) is 16.2. The number of para-hydroxylation sites is 1. The van der Waals surface area contributed by atoms with Crippen molar-refractivity contribution in [2.75, 3.05) is 26.5 Å². The van der Waals surface area contributed by atoms with Gasteiger partial charge in [-0.1, -0.05) is 42.5 Å². The molecule has 0 spiro atoms. The number of amides is 1. The highest BCUT2D eigenvalue weighted by Gasteiger charge is 2.48. The van der Waals surface area contributed by atoms with E-state index in [4.69, 9.17) is 9.47 Å². The molecule has 1 saturated carbocycles. The van der Waals surface area contributed by atoms with Gasteiger partial charge >= 0.3 is 0 Å². The van der Waals surface area contributed by atoms with E-state index >= 15 is 0 Å². The van der Waals surface area contributed by atoms with E-state index in [-0.39, 0.29) is 17.2 Å². The number of carbonyl (C=O) groups excluding carboxylic acids is 1. The number of ether oxygens (including phenoxy) is 2. The van der Waals surface area contributed by atoms with E-state index in [1.54, 1.807) is 26.0 Å². The van der Waals surface area contributed by atoms with Crippen LogP contribution in [0.5, 0.6) is 11.5 Å². The Kier molecular flexibility index (Phi) is 4.81. The molecule has 1 amide bonds. The predicted octanol–water partition coefficient (Wildman–Crippen LogP) is 4.08. The highest BCUT2D eigenvalue weighted by Crippen LogP contribution is 2.52. The topological polar surface area (TPSA) is 38.8 Å². The smallest absolute Gasteiger partial charge is 0.227 e. The second kappa shape index (κ2) is 7.23. The van der Waals surface area contributed by atoms with Crippen LogP contribution in [0.15, 0.2) is 48.5 Å². The van der Waals surface area contributed by atoms with Crippen LogP contribution in [0.4, 0.5) is 0 Å². The Morgan fingerprint density at radius 1 is 1.08 bits per heavy atom. The zero-order chi connectivity index (χ0) is 18.1. The van der Waals surface area contributed by atoms with E-state index in [1.807, 2.05) is 41.3 Å². The summed E-state index contributed by atoms with van der Waals surface area (Å²) < 4.78 is 11.0. The zero-order valence-electron chi connectivity index (χ0n) is 15.1. The van der Waals surface area contributed by atoms with Crippen molar-refractivity contribution in [1.82, 2.24) is 4.90 Å². The molecule has 1 heterocycles. The van der Waals surface area contributed by atoms with Crippen LogP contribution in [-0.4, -0.2) is 37.3 Å². The highest BCUT2D eigenvalue weighted by atomic mass is 32.2. The third-order valence-electron chi connectivity index (χ3n) is 5.21. The lowest BCUT2D eigenvalue weighted by Crippen LogP contribution is -2.32. The molecule has 2 fully saturated rings. The first-order valence-corrected chi connectivity index (χ1v) is 9.97. The van der Waals surface area contributed by atoms with Gasteiger partial charge in [0.1, 0.15) is 5.37 Å². The Morgan fingerprint density at radius 3 is 2.62 bits per heavy atom. The van der Waals surface area contributed by atoms with Crippen molar-refractivity contribution in [1.29, 1.82) is 0 Å². The van der Waals surface area contributed by atoms with Gasteiger partial charge in [-0.25, -0.2) is 0 Å². The normalized spacial score (nSPS) is 24.4. The third-order valence-corrected chi connectivity index (χ3v) is 6.45. The molecule has 2 aromatic rings. The molecule has 0 unspecified atom stereocenters. The van der Waals surface area contributed by atoms with Gasteiger partial charge in [0.05, 0.1) is 14.2 Å². The van der Waals surface area contributed by atoms with Crippen LogP contribution in [-0.2, 0) is 4.79 Å². The Labute approximate surface area is 158 Å². The molecule has 0 N–H and O–H groups in total. The van der Waals surface area contributed by atoms with E-state index < -0.39 is 0 Å². The molecule has 3 atom stereocenters. The van der Waals surface area contributed by atoms with E-state index in [9.17, 15) is 4.79 Å². The monoisotopic (exact) mass is 369 g/mol. The number of hydrogen-bond donors (Lipinski definition) is 0. The average Bonchev–Trinajstić information content (AvgIpc) is 3.35. The average molecular weight is 369 g/mol. The fraction of sp³-hybridized carbons (Fsp3) is 0.381. The molecule has 136 valence electrons. The molecule has 5 heteroatoms. The highest BCUT2D eigenvalue weighted by molar-refractivity contribution is 7.99. The van der Waals surface area contributed by atoms with Crippen LogP contribution in [0.3, 0.4) is 0 Å². The largest absolute Gasteiger partial charge is 0.493 e. The van der Waals surface area contributed by atoms with Crippen molar-refractivity contribution in [3.63, 3.8) is 0 Å². The van der Waals surface area contributed by atoms with Crippen molar-refractivity contribution in [3.8, 4) is 11.5 Å². The summed E-state index contributed by atoms with van der Waals surface area (Å²) in [7, 11) is 3.29. The molecule has 26 heavy (non-hydrogen) atoms. The maximum Gasteiger partial charge on any atom is 0.227 e. The van der Waals surface area contributed by atoms with E-state index in [1.165, 1.54) is 5.56 Å². The number of benzene rings is 2. The maximum atomic E-state index is 13.2. The number of rotatable bonds is 5. The zero-order valence-corrected chi connectivity index (χ0v) is 15.9. The van der Waals surface area contributed by atoms with E-state index in [0.29, 0.717) is 11.7 Å². The van der Waals surface area contributed by atoms with Crippen LogP contribution < -0.4 is 9.47 Å². The van der Waals surface area contributed by atoms with Crippen molar-refractivity contribution in [3.05, 3.63) is 59.7 Å². The number of thioether (sulfide) groups is 1. The Hall–Kier alpha value is -2.14. The van der Waals surface area contributed by atoms with E-state index in [0.717, 1.165) is 30.0 Å². The summed E-state index contributed by atoms with van der Waals surface area (Å²) in [5.41, 5.74) is 2.29. The lowest BCUT2D eigenvalue weighted by atomic mass is 10.1. The standard InChI is InChI=1S/C21H23NO3S/c1-24-18-10-6-9-15(19(18)25-2)21-22(11-12-26-21)20(23)17-13-16(17)14-7-4-3-5-8-14/h3-10,16-17,21H,11-13H2,1-2H3/t16-,17-,21+/m0/s1. The van der Waals surface area contributed by atoms with Gasteiger partial charge in [0.15, 0.2) is 11.5 Å². The summed E-state index contributed by atoms with van der Waals surface area (Å²) >= 11 is 1.79. The summed E-state index contributed by atoms with van der Waals surface area (Å²) in [6.45, 7) is 0.784. The first kappa shape index (κ1) is 17.3. The van der Waals surface area contributed by atoms with Gasteiger partial charge < -0.3 is 14.4 Å². The van der Waals surface area contributed by atoms with Gasteiger partial charge in [-0.15, -0.1) is 11.8 Å². The molecule has 4 rings (SSSR count). The Morgan fingerprint density at radius 2 is 1.88 bits per heavy atom. The minimum Gasteiger partial charge on any atom is -0.493 e. The summed E-state index contributed by atoms with van der Waals surface area (Å²) in [5.74, 6) is 3.11. The van der Waals surface area contributed by atoms with Gasteiger partial charge in [0.2, 0.25) is 5.91 Å².